The lowest BCUT2D eigenvalue weighted by Crippen LogP contribution is -2.08. The minimum atomic E-state index is -0.129. The SMILES string of the molecule is CC/C=C(\CC)C(=O)OCCCCCC. The molecule has 2 heteroatoms. The molecule has 0 saturated carbocycles. The van der Waals surface area contributed by atoms with Crippen LogP contribution in [0.25, 0.3) is 0 Å². The van der Waals surface area contributed by atoms with Crippen LogP contribution in [0.15, 0.2) is 11.6 Å². The third-order valence-corrected chi connectivity index (χ3v) is 2.32. The van der Waals surface area contributed by atoms with Gasteiger partial charge in [-0.25, -0.2) is 4.79 Å². The zero-order valence-corrected chi connectivity index (χ0v) is 10.3. The lowest BCUT2D eigenvalue weighted by molar-refractivity contribution is -0.139. The number of carbonyl (C=O) groups is 1. The third kappa shape index (κ3) is 7.18. The van der Waals surface area contributed by atoms with Crippen LogP contribution in [0.4, 0.5) is 0 Å². The summed E-state index contributed by atoms with van der Waals surface area (Å²) in [6, 6.07) is 0. The lowest BCUT2D eigenvalue weighted by atomic mass is 10.2. The van der Waals surface area contributed by atoms with Crippen LogP contribution in [-0.2, 0) is 9.53 Å². The molecule has 0 heterocycles. The maximum absolute atomic E-state index is 11.5. The molecule has 0 amide bonds. The summed E-state index contributed by atoms with van der Waals surface area (Å²) in [5, 5.41) is 0. The smallest absolute Gasteiger partial charge is 0.333 e. The van der Waals surface area contributed by atoms with E-state index in [1.165, 1.54) is 12.8 Å². The molecular formula is C13H24O2. The van der Waals surface area contributed by atoms with E-state index < -0.39 is 0 Å². The fourth-order valence-electron chi connectivity index (χ4n) is 1.40. The summed E-state index contributed by atoms with van der Waals surface area (Å²) in [4.78, 5) is 11.5. The van der Waals surface area contributed by atoms with Gasteiger partial charge in [-0.15, -0.1) is 0 Å². The van der Waals surface area contributed by atoms with Gasteiger partial charge in [-0.1, -0.05) is 46.1 Å². The van der Waals surface area contributed by atoms with Gasteiger partial charge in [0.05, 0.1) is 6.61 Å². The van der Waals surface area contributed by atoms with E-state index in [0.717, 1.165) is 31.3 Å². The Labute approximate surface area is 93.7 Å². The van der Waals surface area contributed by atoms with Crippen LogP contribution in [-0.4, -0.2) is 12.6 Å². The van der Waals surface area contributed by atoms with E-state index in [2.05, 4.69) is 6.92 Å². The molecule has 0 radical (unpaired) electrons. The highest BCUT2D eigenvalue weighted by Gasteiger charge is 2.07. The molecule has 0 aromatic heterocycles. The number of unbranched alkanes of at least 4 members (excludes halogenated alkanes) is 3. The van der Waals surface area contributed by atoms with Crippen molar-refractivity contribution in [2.45, 2.75) is 59.3 Å². The summed E-state index contributed by atoms with van der Waals surface area (Å²) in [5.74, 6) is -0.129. The van der Waals surface area contributed by atoms with Gasteiger partial charge >= 0.3 is 5.97 Å². The van der Waals surface area contributed by atoms with Crippen LogP contribution in [0, 0.1) is 0 Å². The van der Waals surface area contributed by atoms with E-state index in [1.807, 2.05) is 19.9 Å². The second-order valence-electron chi connectivity index (χ2n) is 3.69. The van der Waals surface area contributed by atoms with Crippen LogP contribution in [0.5, 0.6) is 0 Å². The summed E-state index contributed by atoms with van der Waals surface area (Å²) in [5.41, 5.74) is 0.813. The topological polar surface area (TPSA) is 26.3 Å². The molecule has 0 rings (SSSR count). The average Bonchev–Trinajstić information content (AvgIpc) is 2.25. The molecule has 0 unspecified atom stereocenters. The minimum Gasteiger partial charge on any atom is -0.462 e. The van der Waals surface area contributed by atoms with Crippen LogP contribution in [0.2, 0.25) is 0 Å². The van der Waals surface area contributed by atoms with E-state index >= 15 is 0 Å². The zero-order chi connectivity index (χ0) is 11.5. The van der Waals surface area contributed by atoms with Crippen molar-refractivity contribution in [3.63, 3.8) is 0 Å². The number of esters is 1. The number of carbonyl (C=O) groups excluding carboxylic acids is 1. The first-order chi connectivity index (χ1) is 7.26. The van der Waals surface area contributed by atoms with Crippen molar-refractivity contribution in [2.24, 2.45) is 0 Å². The van der Waals surface area contributed by atoms with E-state index in [1.54, 1.807) is 0 Å². The Kier molecular flexibility index (Phi) is 9.24. The van der Waals surface area contributed by atoms with Gasteiger partial charge in [-0.2, -0.15) is 0 Å². The van der Waals surface area contributed by atoms with Gasteiger partial charge in [0.2, 0.25) is 0 Å². The monoisotopic (exact) mass is 212 g/mol. The molecular weight excluding hydrogens is 188 g/mol. The van der Waals surface area contributed by atoms with Crippen LogP contribution >= 0.6 is 0 Å². The highest BCUT2D eigenvalue weighted by atomic mass is 16.5. The molecule has 88 valence electrons. The van der Waals surface area contributed by atoms with Crippen molar-refractivity contribution in [3.8, 4) is 0 Å². The first kappa shape index (κ1) is 14.2. The Morgan fingerprint density at radius 2 is 1.87 bits per heavy atom. The Hall–Kier alpha value is -0.790. The summed E-state index contributed by atoms with van der Waals surface area (Å²) in [7, 11) is 0. The summed E-state index contributed by atoms with van der Waals surface area (Å²) in [6.45, 7) is 6.76. The van der Waals surface area contributed by atoms with Crippen LogP contribution in [0.3, 0.4) is 0 Å². The Bertz CT molecular complexity index is 195. The van der Waals surface area contributed by atoms with E-state index in [9.17, 15) is 4.79 Å². The van der Waals surface area contributed by atoms with Crippen LogP contribution < -0.4 is 0 Å². The van der Waals surface area contributed by atoms with Gasteiger partial charge in [0.1, 0.15) is 0 Å². The quantitative estimate of drug-likeness (QED) is 0.347. The zero-order valence-electron chi connectivity index (χ0n) is 10.3. The van der Waals surface area contributed by atoms with Gasteiger partial charge in [0, 0.05) is 5.57 Å². The third-order valence-electron chi connectivity index (χ3n) is 2.32. The maximum atomic E-state index is 11.5. The Morgan fingerprint density at radius 1 is 1.13 bits per heavy atom. The van der Waals surface area contributed by atoms with Gasteiger partial charge in [-0.05, 0) is 19.3 Å². The first-order valence-corrected chi connectivity index (χ1v) is 6.12. The highest BCUT2D eigenvalue weighted by molar-refractivity contribution is 5.88. The van der Waals surface area contributed by atoms with Crippen molar-refractivity contribution >= 4 is 5.97 Å². The fraction of sp³-hybridized carbons (Fsp3) is 0.769. The summed E-state index contributed by atoms with van der Waals surface area (Å²) < 4.78 is 5.19. The second kappa shape index (κ2) is 9.75. The summed E-state index contributed by atoms with van der Waals surface area (Å²) in [6.07, 6.45) is 8.20. The second-order valence-corrected chi connectivity index (χ2v) is 3.69. The first-order valence-electron chi connectivity index (χ1n) is 6.12. The van der Waals surface area contributed by atoms with Crippen molar-refractivity contribution in [2.75, 3.05) is 6.61 Å². The van der Waals surface area contributed by atoms with Gasteiger partial charge < -0.3 is 4.74 Å². The molecule has 0 fully saturated rings. The lowest BCUT2D eigenvalue weighted by Gasteiger charge is -2.06. The average molecular weight is 212 g/mol. The van der Waals surface area contributed by atoms with Crippen molar-refractivity contribution < 1.29 is 9.53 Å². The number of hydrogen-bond acceptors (Lipinski definition) is 2. The van der Waals surface area contributed by atoms with E-state index in [-0.39, 0.29) is 5.97 Å². The molecule has 0 N–H and O–H groups in total. The molecule has 0 saturated heterocycles. The van der Waals surface area contributed by atoms with E-state index in [0.29, 0.717) is 6.61 Å². The minimum absolute atomic E-state index is 0.129. The maximum Gasteiger partial charge on any atom is 0.333 e. The predicted molar refractivity (Wildman–Crippen MR) is 63.8 cm³/mol. The molecule has 0 aromatic carbocycles. The standard InChI is InChI=1S/C13H24O2/c1-4-7-8-9-11-15-13(14)12(6-3)10-5-2/h10H,4-9,11H2,1-3H3/b12-10+. The highest BCUT2D eigenvalue weighted by Crippen LogP contribution is 2.06. The molecule has 0 spiro atoms. The van der Waals surface area contributed by atoms with E-state index in [4.69, 9.17) is 4.74 Å². The van der Waals surface area contributed by atoms with Gasteiger partial charge in [-0.3, -0.25) is 0 Å². The summed E-state index contributed by atoms with van der Waals surface area (Å²) >= 11 is 0. The molecule has 0 atom stereocenters. The molecule has 0 aliphatic heterocycles. The largest absolute Gasteiger partial charge is 0.462 e. The normalized spacial score (nSPS) is 11.5. The van der Waals surface area contributed by atoms with Gasteiger partial charge in [0.15, 0.2) is 0 Å². The number of ether oxygens (including phenoxy) is 1. The number of rotatable bonds is 8. The van der Waals surface area contributed by atoms with Crippen molar-refractivity contribution in [3.05, 3.63) is 11.6 Å². The molecule has 15 heavy (non-hydrogen) atoms. The molecule has 0 aromatic rings. The van der Waals surface area contributed by atoms with Crippen LogP contribution in [0.1, 0.15) is 59.3 Å². The molecule has 2 nitrogen and oxygen atoms in total. The van der Waals surface area contributed by atoms with Crippen molar-refractivity contribution in [1.29, 1.82) is 0 Å². The Morgan fingerprint density at radius 3 is 2.40 bits per heavy atom. The van der Waals surface area contributed by atoms with Gasteiger partial charge in [0.25, 0.3) is 0 Å². The number of hydrogen-bond donors (Lipinski definition) is 0. The Balaban J connectivity index is 3.67. The molecule has 0 bridgehead atoms. The predicted octanol–water partition coefficient (Wildman–Crippen LogP) is 3.86. The molecule has 0 aliphatic rings. The molecule has 0 aliphatic carbocycles. The van der Waals surface area contributed by atoms with Crippen molar-refractivity contribution in [1.82, 2.24) is 0 Å². The fourth-order valence-corrected chi connectivity index (χ4v) is 1.40. The number of allylic oxidation sites excluding steroid dienone is 1.